The summed E-state index contributed by atoms with van der Waals surface area (Å²) in [5.41, 5.74) is 0.657. The third-order valence-corrected chi connectivity index (χ3v) is 8.39. The second-order valence-corrected chi connectivity index (χ2v) is 11.0. The molecule has 3 heterocycles. The van der Waals surface area contributed by atoms with E-state index in [1.165, 1.54) is 28.0 Å². The number of anilines is 1. The fraction of sp³-hybridized carbons (Fsp3) is 0.519. The topological polar surface area (TPSA) is 49.3 Å². The Kier molecular flexibility index (Phi) is 6.94. The zero-order valence-electron chi connectivity index (χ0n) is 20.7. The molecule has 1 unspecified atom stereocenters. The lowest BCUT2D eigenvalue weighted by Crippen LogP contribution is -2.49. The number of unbranched alkanes of at least 4 members (excludes halogenated alkanes) is 1. The first-order valence-corrected chi connectivity index (χ1v) is 13.6. The predicted octanol–water partition coefficient (Wildman–Crippen LogP) is 6.14. The van der Waals surface area contributed by atoms with Crippen molar-refractivity contribution in [2.75, 3.05) is 31.1 Å². The SMILES string of the molecule is CCCCc1nc(N2CCN(C(=O)c3cccc(C(F)(F)F)c3)CC2)c2c3c(sc2n1)CC(C)CC3. The van der Waals surface area contributed by atoms with E-state index < -0.39 is 11.7 Å². The highest BCUT2D eigenvalue weighted by atomic mass is 32.1. The fourth-order valence-corrected chi connectivity index (χ4v) is 6.57. The van der Waals surface area contributed by atoms with Crippen LogP contribution in [0.3, 0.4) is 0 Å². The molecule has 0 radical (unpaired) electrons. The lowest BCUT2D eigenvalue weighted by atomic mass is 9.89. The van der Waals surface area contributed by atoms with Crippen molar-refractivity contribution in [2.24, 2.45) is 5.92 Å². The van der Waals surface area contributed by atoms with Gasteiger partial charge in [-0.25, -0.2) is 9.97 Å². The van der Waals surface area contributed by atoms with Gasteiger partial charge in [0.15, 0.2) is 0 Å². The zero-order chi connectivity index (χ0) is 25.4. The van der Waals surface area contributed by atoms with Crippen LogP contribution in [-0.2, 0) is 25.4 Å². The van der Waals surface area contributed by atoms with E-state index in [1.54, 1.807) is 16.2 Å². The van der Waals surface area contributed by atoms with Crippen LogP contribution in [0.5, 0.6) is 0 Å². The molecular weight excluding hydrogens is 485 g/mol. The molecule has 1 aromatic carbocycles. The zero-order valence-corrected chi connectivity index (χ0v) is 21.5. The number of hydrogen-bond donors (Lipinski definition) is 0. The minimum atomic E-state index is -4.47. The minimum Gasteiger partial charge on any atom is -0.352 e. The Balaban J connectivity index is 1.39. The maximum absolute atomic E-state index is 13.1. The molecule has 1 fully saturated rings. The molecule has 2 aliphatic rings. The van der Waals surface area contributed by atoms with Gasteiger partial charge in [0.2, 0.25) is 0 Å². The number of benzene rings is 1. The highest BCUT2D eigenvalue weighted by molar-refractivity contribution is 7.19. The Morgan fingerprint density at radius 1 is 1.17 bits per heavy atom. The van der Waals surface area contributed by atoms with Gasteiger partial charge < -0.3 is 9.80 Å². The highest BCUT2D eigenvalue weighted by Gasteiger charge is 2.32. The van der Waals surface area contributed by atoms with E-state index in [9.17, 15) is 18.0 Å². The molecule has 1 amide bonds. The number of aryl methyl sites for hydroxylation is 2. The van der Waals surface area contributed by atoms with Crippen LogP contribution >= 0.6 is 11.3 Å². The van der Waals surface area contributed by atoms with Gasteiger partial charge in [-0.15, -0.1) is 11.3 Å². The molecule has 192 valence electrons. The van der Waals surface area contributed by atoms with Crippen molar-refractivity contribution in [3.63, 3.8) is 0 Å². The lowest BCUT2D eigenvalue weighted by Gasteiger charge is -2.36. The second-order valence-electron chi connectivity index (χ2n) is 9.96. The van der Waals surface area contributed by atoms with Crippen molar-refractivity contribution >= 4 is 33.3 Å². The van der Waals surface area contributed by atoms with Crippen molar-refractivity contribution in [1.82, 2.24) is 14.9 Å². The Labute approximate surface area is 213 Å². The van der Waals surface area contributed by atoms with Gasteiger partial charge in [0, 0.05) is 43.0 Å². The minimum absolute atomic E-state index is 0.0746. The smallest absolute Gasteiger partial charge is 0.352 e. The van der Waals surface area contributed by atoms with Crippen molar-refractivity contribution in [3.8, 4) is 0 Å². The number of piperazine rings is 1. The quantitative estimate of drug-likeness (QED) is 0.409. The number of halogens is 3. The number of carbonyl (C=O) groups is 1. The van der Waals surface area contributed by atoms with Gasteiger partial charge in [0.25, 0.3) is 5.91 Å². The molecule has 5 nitrogen and oxygen atoms in total. The molecule has 9 heteroatoms. The molecule has 1 aliphatic heterocycles. The average molecular weight is 517 g/mol. The Bertz CT molecular complexity index is 1260. The van der Waals surface area contributed by atoms with Gasteiger partial charge in [0.05, 0.1) is 10.9 Å². The lowest BCUT2D eigenvalue weighted by molar-refractivity contribution is -0.137. The van der Waals surface area contributed by atoms with Crippen LogP contribution in [0.4, 0.5) is 19.0 Å². The standard InChI is InChI=1S/C27H31F3N4OS/c1-3-4-8-22-31-24(23-20-10-9-17(2)15-21(20)36-25(23)32-22)33-11-13-34(14-12-33)26(35)18-6-5-7-19(16-18)27(28,29)30/h5-7,16-17H,3-4,8-15H2,1-2H3. The molecule has 5 rings (SSSR count). The van der Waals surface area contributed by atoms with Crippen molar-refractivity contribution in [1.29, 1.82) is 0 Å². The van der Waals surface area contributed by atoms with Crippen LogP contribution < -0.4 is 4.90 Å². The van der Waals surface area contributed by atoms with Gasteiger partial charge in [-0.1, -0.05) is 26.3 Å². The summed E-state index contributed by atoms with van der Waals surface area (Å²) < 4.78 is 39.4. The van der Waals surface area contributed by atoms with Crippen molar-refractivity contribution in [3.05, 3.63) is 51.7 Å². The first-order valence-electron chi connectivity index (χ1n) is 12.8. The Hall–Kier alpha value is -2.68. The summed E-state index contributed by atoms with van der Waals surface area (Å²) in [5, 5.41) is 1.17. The Morgan fingerprint density at radius 3 is 2.67 bits per heavy atom. The maximum atomic E-state index is 13.1. The van der Waals surface area contributed by atoms with Crippen molar-refractivity contribution < 1.29 is 18.0 Å². The number of rotatable bonds is 5. The third-order valence-electron chi connectivity index (χ3n) is 7.24. The van der Waals surface area contributed by atoms with E-state index >= 15 is 0 Å². The highest BCUT2D eigenvalue weighted by Crippen LogP contribution is 2.41. The molecule has 0 N–H and O–H groups in total. The Morgan fingerprint density at radius 2 is 1.94 bits per heavy atom. The number of aromatic nitrogens is 2. The van der Waals surface area contributed by atoms with Crippen LogP contribution in [0.25, 0.3) is 10.2 Å². The molecule has 2 aromatic heterocycles. The summed E-state index contributed by atoms with van der Waals surface area (Å²) in [4.78, 5) is 29.3. The van der Waals surface area contributed by atoms with E-state index in [0.717, 1.165) is 67.1 Å². The van der Waals surface area contributed by atoms with Gasteiger partial charge in [-0.2, -0.15) is 13.2 Å². The molecule has 0 saturated carbocycles. The van der Waals surface area contributed by atoms with Crippen LogP contribution in [-0.4, -0.2) is 47.0 Å². The van der Waals surface area contributed by atoms with Gasteiger partial charge in [-0.3, -0.25) is 4.79 Å². The van der Waals surface area contributed by atoms with Gasteiger partial charge in [0.1, 0.15) is 16.5 Å². The van der Waals surface area contributed by atoms with Gasteiger partial charge in [-0.05, 0) is 55.4 Å². The molecule has 36 heavy (non-hydrogen) atoms. The molecule has 3 aromatic rings. The first-order chi connectivity index (χ1) is 17.2. The van der Waals surface area contributed by atoms with Crippen LogP contribution in [0.15, 0.2) is 24.3 Å². The summed E-state index contributed by atoms with van der Waals surface area (Å²) in [5.74, 6) is 2.14. The van der Waals surface area contributed by atoms with E-state index in [2.05, 4.69) is 18.7 Å². The number of carbonyl (C=O) groups excluding carboxylic acids is 1. The van der Waals surface area contributed by atoms with E-state index in [1.807, 2.05) is 0 Å². The largest absolute Gasteiger partial charge is 0.416 e. The summed E-state index contributed by atoms with van der Waals surface area (Å²) in [7, 11) is 0. The van der Waals surface area contributed by atoms with Crippen molar-refractivity contribution in [2.45, 2.75) is 58.5 Å². The molecule has 1 aliphatic carbocycles. The first kappa shape index (κ1) is 25.0. The second kappa shape index (κ2) is 10.00. The van der Waals surface area contributed by atoms with Crippen LogP contribution in [0, 0.1) is 5.92 Å². The number of thiophene rings is 1. The monoisotopic (exact) mass is 516 g/mol. The molecular formula is C27H31F3N4OS. The van der Waals surface area contributed by atoms with Crippen LogP contribution in [0.1, 0.15) is 65.3 Å². The number of nitrogens with zero attached hydrogens (tertiary/aromatic N) is 4. The summed E-state index contributed by atoms with van der Waals surface area (Å²) in [6.07, 6.45) is 1.76. The summed E-state index contributed by atoms with van der Waals surface area (Å²) in [6, 6.07) is 4.69. The van der Waals surface area contributed by atoms with E-state index in [4.69, 9.17) is 9.97 Å². The van der Waals surface area contributed by atoms with E-state index in [0.29, 0.717) is 32.1 Å². The summed E-state index contributed by atoms with van der Waals surface area (Å²) >= 11 is 1.80. The molecule has 0 bridgehead atoms. The third kappa shape index (κ3) is 4.94. The number of fused-ring (bicyclic) bond motifs is 3. The molecule has 0 spiro atoms. The van der Waals surface area contributed by atoms with Crippen LogP contribution in [0.2, 0.25) is 0 Å². The summed E-state index contributed by atoms with van der Waals surface area (Å²) in [6.45, 7) is 6.51. The maximum Gasteiger partial charge on any atom is 0.416 e. The number of hydrogen-bond acceptors (Lipinski definition) is 5. The number of amides is 1. The average Bonchev–Trinajstić information content (AvgIpc) is 3.23. The normalized spacial score (nSPS) is 18.5. The fourth-order valence-electron chi connectivity index (χ4n) is 5.17. The number of alkyl halides is 3. The predicted molar refractivity (Wildman–Crippen MR) is 137 cm³/mol. The molecule has 1 saturated heterocycles. The van der Waals surface area contributed by atoms with E-state index in [-0.39, 0.29) is 11.5 Å². The van der Waals surface area contributed by atoms with Gasteiger partial charge >= 0.3 is 6.18 Å². The molecule has 1 atom stereocenters.